The first-order chi connectivity index (χ1) is 10.3. The zero-order valence-corrected chi connectivity index (χ0v) is 12.6. The average Bonchev–Trinajstić information content (AvgIpc) is 2.56. The maximum atomic E-state index is 5.73. The topological polar surface area (TPSA) is 60.2 Å². The van der Waals surface area contributed by atoms with Crippen molar-refractivity contribution in [2.75, 3.05) is 7.11 Å². The maximum absolute atomic E-state index is 5.73. The van der Waals surface area contributed by atoms with Crippen LogP contribution in [0.1, 0.15) is 29.8 Å². The molecule has 0 saturated carbocycles. The van der Waals surface area contributed by atoms with Crippen LogP contribution in [-0.2, 0) is 17.6 Å². The predicted octanol–water partition coefficient (Wildman–Crippen LogP) is 2.41. The molecule has 0 amide bonds. The molecule has 0 aliphatic heterocycles. The fourth-order valence-electron chi connectivity index (χ4n) is 2.44. The van der Waals surface area contributed by atoms with Gasteiger partial charge in [0.05, 0.1) is 12.1 Å². The molecule has 1 heterocycles. The second-order valence-electron chi connectivity index (χ2n) is 5.06. The standard InChI is InChI=1S/C17H23N3O/c1-3-13-9-10-15(19-12-13)11-16(20-18)17(21-2)14-7-5-4-6-8-14/h4-10,12,16-17,20H,3,11,18H2,1-2H3. The van der Waals surface area contributed by atoms with Crippen LogP contribution in [0.3, 0.4) is 0 Å². The molecule has 2 rings (SSSR count). The molecular formula is C17H23N3O. The summed E-state index contributed by atoms with van der Waals surface area (Å²) in [7, 11) is 1.70. The van der Waals surface area contributed by atoms with Gasteiger partial charge in [-0.25, -0.2) is 0 Å². The zero-order chi connectivity index (χ0) is 15.1. The van der Waals surface area contributed by atoms with Gasteiger partial charge in [0.1, 0.15) is 0 Å². The number of ether oxygens (including phenoxy) is 1. The van der Waals surface area contributed by atoms with Crippen molar-refractivity contribution < 1.29 is 4.74 Å². The molecule has 112 valence electrons. The van der Waals surface area contributed by atoms with Gasteiger partial charge in [0.2, 0.25) is 0 Å². The molecule has 2 unspecified atom stereocenters. The summed E-state index contributed by atoms with van der Waals surface area (Å²) in [6.07, 6.45) is 3.53. The smallest absolute Gasteiger partial charge is 0.0991 e. The van der Waals surface area contributed by atoms with E-state index >= 15 is 0 Å². The van der Waals surface area contributed by atoms with Crippen molar-refractivity contribution in [1.82, 2.24) is 10.4 Å². The predicted molar refractivity (Wildman–Crippen MR) is 84.6 cm³/mol. The highest BCUT2D eigenvalue weighted by Gasteiger charge is 2.22. The highest BCUT2D eigenvalue weighted by Crippen LogP contribution is 2.22. The molecule has 1 aromatic carbocycles. The first kappa shape index (κ1) is 15.6. The van der Waals surface area contributed by atoms with E-state index in [1.807, 2.05) is 36.5 Å². The van der Waals surface area contributed by atoms with Crippen LogP contribution in [0.5, 0.6) is 0 Å². The minimum Gasteiger partial charge on any atom is -0.375 e. The number of aromatic nitrogens is 1. The van der Waals surface area contributed by atoms with Crippen molar-refractivity contribution in [1.29, 1.82) is 0 Å². The van der Waals surface area contributed by atoms with Crippen LogP contribution in [-0.4, -0.2) is 18.1 Å². The van der Waals surface area contributed by atoms with E-state index in [0.717, 1.165) is 17.7 Å². The van der Waals surface area contributed by atoms with Crippen LogP contribution in [0.4, 0.5) is 0 Å². The number of hydrazine groups is 1. The van der Waals surface area contributed by atoms with Crippen molar-refractivity contribution in [2.45, 2.75) is 31.9 Å². The fraction of sp³-hybridized carbons (Fsp3) is 0.353. The third kappa shape index (κ3) is 4.11. The Balaban J connectivity index is 2.13. The summed E-state index contributed by atoms with van der Waals surface area (Å²) in [5, 5.41) is 0. The van der Waals surface area contributed by atoms with Crippen LogP contribution >= 0.6 is 0 Å². The van der Waals surface area contributed by atoms with Crippen LogP contribution in [0.25, 0.3) is 0 Å². The number of methoxy groups -OCH3 is 1. The largest absolute Gasteiger partial charge is 0.375 e. The summed E-state index contributed by atoms with van der Waals surface area (Å²) in [6.45, 7) is 2.12. The van der Waals surface area contributed by atoms with Crippen LogP contribution < -0.4 is 11.3 Å². The number of benzene rings is 1. The second kappa shape index (κ2) is 7.88. The minimum absolute atomic E-state index is 0.0302. The molecular weight excluding hydrogens is 262 g/mol. The first-order valence-corrected chi connectivity index (χ1v) is 7.26. The number of nitrogens with two attached hydrogens (primary N) is 1. The zero-order valence-electron chi connectivity index (χ0n) is 12.6. The van der Waals surface area contributed by atoms with Gasteiger partial charge in [-0.1, -0.05) is 43.3 Å². The Morgan fingerprint density at radius 3 is 2.48 bits per heavy atom. The van der Waals surface area contributed by atoms with E-state index in [1.54, 1.807) is 7.11 Å². The second-order valence-corrected chi connectivity index (χ2v) is 5.06. The van der Waals surface area contributed by atoms with E-state index in [2.05, 4.69) is 29.5 Å². The van der Waals surface area contributed by atoms with E-state index in [4.69, 9.17) is 10.6 Å². The number of hydrogen-bond donors (Lipinski definition) is 2. The van der Waals surface area contributed by atoms with Gasteiger partial charge in [-0.05, 0) is 23.6 Å². The summed E-state index contributed by atoms with van der Waals surface area (Å²) in [5.74, 6) is 5.73. The van der Waals surface area contributed by atoms with E-state index < -0.39 is 0 Å². The normalized spacial score (nSPS) is 13.9. The maximum Gasteiger partial charge on any atom is 0.0991 e. The lowest BCUT2D eigenvalue weighted by atomic mass is 9.98. The van der Waals surface area contributed by atoms with Crippen LogP contribution in [0, 0.1) is 0 Å². The number of hydrogen-bond acceptors (Lipinski definition) is 4. The molecule has 2 aromatic rings. The molecule has 0 radical (unpaired) electrons. The number of nitrogens with one attached hydrogen (secondary N) is 1. The third-order valence-corrected chi connectivity index (χ3v) is 3.68. The number of rotatable bonds is 7. The van der Waals surface area contributed by atoms with Crippen molar-refractivity contribution in [2.24, 2.45) is 5.84 Å². The Labute approximate surface area is 126 Å². The van der Waals surface area contributed by atoms with E-state index in [-0.39, 0.29) is 12.1 Å². The summed E-state index contributed by atoms with van der Waals surface area (Å²) < 4.78 is 5.64. The highest BCUT2D eigenvalue weighted by molar-refractivity contribution is 5.21. The monoisotopic (exact) mass is 285 g/mol. The van der Waals surface area contributed by atoms with Crippen molar-refractivity contribution in [3.05, 3.63) is 65.5 Å². The van der Waals surface area contributed by atoms with Gasteiger partial charge >= 0.3 is 0 Å². The number of nitrogens with zero attached hydrogens (tertiary/aromatic N) is 1. The van der Waals surface area contributed by atoms with E-state index in [1.165, 1.54) is 5.56 Å². The highest BCUT2D eigenvalue weighted by atomic mass is 16.5. The Kier molecular flexibility index (Phi) is 5.87. The van der Waals surface area contributed by atoms with Gasteiger partial charge in [-0.2, -0.15) is 0 Å². The molecule has 3 N–H and O–H groups in total. The van der Waals surface area contributed by atoms with Gasteiger partial charge in [-0.3, -0.25) is 16.3 Å². The molecule has 0 spiro atoms. The molecule has 2 atom stereocenters. The lowest BCUT2D eigenvalue weighted by molar-refractivity contribution is 0.0675. The molecule has 0 bridgehead atoms. The number of aryl methyl sites for hydroxylation is 1. The quantitative estimate of drug-likeness (QED) is 0.606. The molecule has 0 fully saturated rings. The Morgan fingerprint density at radius 1 is 1.19 bits per heavy atom. The average molecular weight is 285 g/mol. The Morgan fingerprint density at radius 2 is 1.95 bits per heavy atom. The van der Waals surface area contributed by atoms with Crippen LogP contribution in [0.15, 0.2) is 48.7 Å². The summed E-state index contributed by atoms with van der Waals surface area (Å²) in [5.41, 5.74) is 6.21. The molecule has 0 saturated heterocycles. The first-order valence-electron chi connectivity index (χ1n) is 7.26. The van der Waals surface area contributed by atoms with Crippen molar-refractivity contribution in [3.63, 3.8) is 0 Å². The Hall–Kier alpha value is -1.75. The lowest BCUT2D eigenvalue weighted by Gasteiger charge is -2.25. The van der Waals surface area contributed by atoms with Gasteiger partial charge < -0.3 is 4.74 Å². The summed E-state index contributed by atoms with van der Waals surface area (Å²) in [4.78, 5) is 4.50. The molecule has 21 heavy (non-hydrogen) atoms. The van der Waals surface area contributed by atoms with E-state index in [9.17, 15) is 0 Å². The lowest BCUT2D eigenvalue weighted by Crippen LogP contribution is -2.42. The molecule has 1 aromatic heterocycles. The van der Waals surface area contributed by atoms with Crippen molar-refractivity contribution >= 4 is 0 Å². The van der Waals surface area contributed by atoms with Gasteiger partial charge in [0.15, 0.2) is 0 Å². The SMILES string of the molecule is CCc1ccc(CC(NN)C(OC)c2ccccc2)nc1. The third-order valence-electron chi connectivity index (χ3n) is 3.68. The molecule has 4 nitrogen and oxygen atoms in total. The molecule has 0 aliphatic carbocycles. The minimum atomic E-state index is -0.108. The van der Waals surface area contributed by atoms with Gasteiger partial charge in [0.25, 0.3) is 0 Å². The fourth-order valence-corrected chi connectivity index (χ4v) is 2.44. The summed E-state index contributed by atoms with van der Waals surface area (Å²) in [6, 6.07) is 14.2. The Bertz CT molecular complexity index is 527. The van der Waals surface area contributed by atoms with Gasteiger partial charge in [0, 0.05) is 25.4 Å². The molecule has 0 aliphatic rings. The van der Waals surface area contributed by atoms with Crippen LogP contribution in [0.2, 0.25) is 0 Å². The number of pyridine rings is 1. The summed E-state index contributed by atoms with van der Waals surface area (Å²) >= 11 is 0. The van der Waals surface area contributed by atoms with Crippen molar-refractivity contribution in [3.8, 4) is 0 Å². The molecule has 4 heteroatoms. The van der Waals surface area contributed by atoms with Gasteiger partial charge in [-0.15, -0.1) is 0 Å². The van der Waals surface area contributed by atoms with E-state index in [0.29, 0.717) is 6.42 Å².